The van der Waals surface area contributed by atoms with Crippen LogP contribution in [0.2, 0.25) is 0 Å². The van der Waals surface area contributed by atoms with Gasteiger partial charge in [0.25, 0.3) is 0 Å². The molecule has 2 atom stereocenters. The molecule has 2 rings (SSSR count). The van der Waals surface area contributed by atoms with E-state index in [4.69, 9.17) is 9.84 Å². The Morgan fingerprint density at radius 1 is 1.50 bits per heavy atom. The Labute approximate surface area is 98.1 Å². The fourth-order valence-electron chi connectivity index (χ4n) is 1.98. The second-order valence-electron chi connectivity index (χ2n) is 4.15. The van der Waals surface area contributed by atoms with Gasteiger partial charge in [-0.3, -0.25) is 4.79 Å². The molecular formula is C10H15NO4S. The standard InChI is InChI=1S/C10H15NO4S/c1-15-4-8(12)11-7(10(13)14)5-16-9(11)6-2-3-6/h6-7,9H,2-5H2,1H3,(H,13,14). The van der Waals surface area contributed by atoms with E-state index in [-0.39, 0.29) is 17.9 Å². The molecule has 1 saturated heterocycles. The maximum Gasteiger partial charge on any atom is 0.327 e. The van der Waals surface area contributed by atoms with Crippen LogP contribution in [0.25, 0.3) is 0 Å². The van der Waals surface area contributed by atoms with Crippen LogP contribution in [0, 0.1) is 5.92 Å². The average molecular weight is 245 g/mol. The molecule has 0 bridgehead atoms. The molecule has 1 heterocycles. The molecule has 6 heteroatoms. The summed E-state index contributed by atoms with van der Waals surface area (Å²) in [5.74, 6) is -0.154. The molecule has 0 spiro atoms. The van der Waals surface area contributed by atoms with Gasteiger partial charge in [0, 0.05) is 12.9 Å². The van der Waals surface area contributed by atoms with Gasteiger partial charge in [0.2, 0.25) is 5.91 Å². The van der Waals surface area contributed by atoms with E-state index in [1.54, 1.807) is 11.8 Å². The lowest BCUT2D eigenvalue weighted by Crippen LogP contribution is -2.47. The molecule has 1 aliphatic carbocycles. The van der Waals surface area contributed by atoms with Gasteiger partial charge in [-0.05, 0) is 18.8 Å². The number of carbonyl (C=O) groups is 2. The highest BCUT2D eigenvalue weighted by atomic mass is 32.2. The Kier molecular flexibility index (Phi) is 3.39. The van der Waals surface area contributed by atoms with Crippen LogP contribution in [-0.2, 0) is 14.3 Å². The third-order valence-corrected chi connectivity index (χ3v) is 4.36. The summed E-state index contributed by atoms with van der Waals surface area (Å²) in [4.78, 5) is 24.4. The van der Waals surface area contributed by atoms with E-state index < -0.39 is 12.0 Å². The van der Waals surface area contributed by atoms with Gasteiger partial charge in [0.1, 0.15) is 12.6 Å². The summed E-state index contributed by atoms with van der Waals surface area (Å²) < 4.78 is 4.80. The SMILES string of the molecule is COCC(=O)N1C(C(=O)O)CSC1C1CC1. The summed E-state index contributed by atoms with van der Waals surface area (Å²) in [6.07, 6.45) is 2.20. The molecule has 90 valence electrons. The minimum Gasteiger partial charge on any atom is -0.480 e. The highest BCUT2D eigenvalue weighted by molar-refractivity contribution is 8.00. The number of methoxy groups -OCH3 is 1. The number of hydrogen-bond acceptors (Lipinski definition) is 4. The minimum atomic E-state index is -0.917. The number of carboxylic acids is 1. The Morgan fingerprint density at radius 2 is 2.19 bits per heavy atom. The van der Waals surface area contributed by atoms with Gasteiger partial charge in [-0.2, -0.15) is 0 Å². The lowest BCUT2D eigenvalue weighted by molar-refractivity contribution is -0.150. The van der Waals surface area contributed by atoms with E-state index in [0.717, 1.165) is 12.8 Å². The van der Waals surface area contributed by atoms with Crippen molar-refractivity contribution in [3.05, 3.63) is 0 Å². The molecule has 0 aromatic rings. The van der Waals surface area contributed by atoms with Crippen LogP contribution in [0.4, 0.5) is 0 Å². The van der Waals surface area contributed by atoms with Gasteiger partial charge in [0.05, 0.1) is 5.37 Å². The molecule has 0 aromatic carbocycles. The molecule has 2 fully saturated rings. The molecular weight excluding hydrogens is 230 g/mol. The van der Waals surface area contributed by atoms with E-state index in [0.29, 0.717) is 11.7 Å². The van der Waals surface area contributed by atoms with Crippen molar-refractivity contribution < 1.29 is 19.4 Å². The molecule has 1 saturated carbocycles. The van der Waals surface area contributed by atoms with Crippen molar-refractivity contribution in [3.8, 4) is 0 Å². The van der Waals surface area contributed by atoms with Crippen LogP contribution in [0.1, 0.15) is 12.8 Å². The lowest BCUT2D eigenvalue weighted by atomic mass is 10.2. The number of ether oxygens (including phenoxy) is 1. The quantitative estimate of drug-likeness (QED) is 0.776. The summed E-state index contributed by atoms with van der Waals surface area (Å²) in [5, 5.41) is 9.12. The van der Waals surface area contributed by atoms with Crippen molar-refractivity contribution >= 4 is 23.6 Å². The second kappa shape index (κ2) is 4.63. The first-order valence-electron chi connectivity index (χ1n) is 5.29. The molecule has 2 aliphatic rings. The zero-order chi connectivity index (χ0) is 11.7. The van der Waals surface area contributed by atoms with E-state index in [1.165, 1.54) is 12.0 Å². The topological polar surface area (TPSA) is 66.8 Å². The molecule has 2 unspecified atom stereocenters. The maximum absolute atomic E-state index is 11.8. The number of aliphatic carboxylic acids is 1. The predicted molar refractivity (Wildman–Crippen MR) is 59.1 cm³/mol. The zero-order valence-corrected chi connectivity index (χ0v) is 9.90. The van der Waals surface area contributed by atoms with E-state index in [9.17, 15) is 9.59 Å². The Bertz CT molecular complexity index is 305. The number of thioether (sulfide) groups is 1. The first kappa shape index (κ1) is 11.7. The molecule has 1 N–H and O–H groups in total. The predicted octanol–water partition coefficient (Wildman–Crippen LogP) is 0.397. The van der Waals surface area contributed by atoms with Crippen molar-refractivity contribution in [3.63, 3.8) is 0 Å². The van der Waals surface area contributed by atoms with Gasteiger partial charge >= 0.3 is 5.97 Å². The number of hydrogen-bond donors (Lipinski definition) is 1. The average Bonchev–Trinajstić information content (AvgIpc) is 2.97. The van der Waals surface area contributed by atoms with E-state index in [2.05, 4.69) is 0 Å². The lowest BCUT2D eigenvalue weighted by Gasteiger charge is -2.27. The van der Waals surface area contributed by atoms with Crippen LogP contribution < -0.4 is 0 Å². The van der Waals surface area contributed by atoms with Crippen molar-refractivity contribution in [2.24, 2.45) is 5.92 Å². The van der Waals surface area contributed by atoms with E-state index in [1.807, 2.05) is 0 Å². The Balaban J connectivity index is 2.10. The molecule has 0 radical (unpaired) electrons. The number of carbonyl (C=O) groups excluding carboxylic acids is 1. The second-order valence-corrected chi connectivity index (χ2v) is 5.30. The first-order chi connectivity index (χ1) is 7.65. The normalized spacial score (nSPS) is 29.4. The smallest absolute Gasteiger partial charge is 0.327 e. The third kappa shape index (κ3) is 2.17. The van der Waals surface area contributed by atoms with Crippen LogP contribution >= 0.6 is 11.8 Å². The molecule has 1 aliphatic heterocycles. The molecule has 0 aromatic heterocycles. The molecule has 16 heavy (non-hydrogen) atoms. The molecule has 5 nitrogen and oxygen atoms in total. The Morgan fingerprint density at radius 3 is 2.69 bits per heavy atom. The number of amides is 1. The minimum absolute atomic E-state index is 0.0342. The number of rotatable bonds is 4. The van der Waals surface area contributed by atoms with Crippen LogP contribution in [0.3, 0.4) is 0 Å². The summed E-state index contributed by atoms with van der Waals surface area (Å²) in [6.45, 7) is -0.0342. The summed E-state index contributed by atoms with van der Waals surface area (Å²) in [7, 11) is 1.45. The van der Waals surface area contributed by atoms with Crippen LogP contribution in [0.5, 0.6) is 0 Å². The largest absolute Gasteiger partial charge is 0.480 e. The van der Waals surface area contributed by atoms with Crippen LogP contribution in [0.15, 0.2) is 0 Å². The fraction of sp³-hybridized carbons (Fsp3) is 0.800. The highest BCUT2D eigenvalue weighted by Crippen LogP contribution is 2.45. The van der Waals surface area contributed by atoms with Crippen molar-refractivity contribution in [1.82, 2.24) is 4.90 Å². The summed E-state index contributed by atoms with van der Waals surface area (Å²) >= 11 is 1.58. The van der Waals surface area contributed by atoms with Gasteiger partial charge in [-0.15, -0.1) is 11.8 Å². The summed E-state index contributed by atoms with van der Waals surface area (Å²) in [5.41, 5.74) is 0. The molecule has 1 amide bonds. The van der Waals surface area contributed by atoms with Gasteiger partial charge < -0.3 is 14.7 Å². The first-order valence-corrected chi connectivity index (χ1v) is 6.34. The third-order valence-electron chi connectivity index (χ3n) is 2.90. The summed E-state index contributed by atoms with van der Waals surface area (Å²) in [6, 6.07) is -0.682. The van der Waals surface area contributed by atoms with Gasteiger partial charge in [-0.1, -0.05) is 0 Å². The van der Waals surface area contributed by atoms with E-state index >= 15 is 0 Å². The zero-order valence-electron chi connectivity index (χ0n) is 9.09. The number of nitrogens with zero attached hydrogens (tertiary/aromatic N) is 1. The van der Waals surface area contributed by atoms with Gasteiger partial charge in [-0.25, -0.2) is 4.79 Å². The van der Waals surface area contributed by atoms with Gasteiger partial charge in [0.15, 0.2) is 0 Å². The highest BCUT2D eigenvalue weighted by Gasteiger charge is 2.47. The Hall–Kier alpha value is -0.750. The van der Waals surface area contributed by atoms with Crippen molar-refractivity contribution in [2.75, 3.05) is 19.5 Å². The fourth-order valence-corrected chi connectivity index (χ4v) is 3.63. The monoisotopic (exact) mass is 245 g/mol. The van der Waals surface area contributed by atoms with Crippen molar-refractivity contribution in [2.45, 2.75) is 24.3 Å². The van der Waals surface area contributed by atoms with Crippen molar-refractivity contribution in [1.29, 1.82) is 0 Å². The van der Waals surface area contributed by atoms with Crippen LogP contribution in [-0.4, -0.2) is 52.8 Å². The number of carboxylic acid groups (broad SMARTS) is 1. The maximum atomic E-state index is 11.8.